The Bertz CT molecular complexity index is 715. The summed E-state index contributed by atoms with van der Waals surface area (Å²) in [6.07, 6.45) is 2.48. The van der Waals surface area contributed by atoms with Gasteiger partial charge in [0.1, 0.15) is 5.75 Å². The molecule has 6 nitrogen and oxygen atoms in total. The summed E-state index contributed by atoms with van der Waals surface area (Å²) in [5, 5.41) is 5.47. The van der Waals surface area contributed by atoms with E-state index in [2.05, 4.69) is 29.5 Å². The number of carbonyl (C=O) groups is 2. The highest BCUT2D eigenvalue weighted by atomic mass is 16.5. The van der Waals surface area contributed by atoms with Crippen molar-refractivity contribution in [3.63, 3.8) is 0 Å². The van der Waals surface area contributed by atoms with Crippen molar-refractivity contribution in [2.24, 2.45) is 0 Å². The van der Waals surface area contributed by atoms with Gasteiger partial charge < -0.3 is 15.4 Å². The standard InChI is InChI=1S/C20H25N3O3/c1-14(2)16-6-8-18(9-7-16)26-15(3)19(24)22-11-12-23-20(25)17-5-4-10-21-13-17/h4-10,13-15H,11-12H2,1-3H3,(H,22,24)(H,23,25). The monoisotopic (exact) mass is 355 g/mol. The van der Waals surface area contributed by atoms with Crippen molar-refractivity contribution in [3.8, 4) is 5.75 Å². The van der Waals surface area contributed by atoms with Crippen LogP contribution in [0.1, 0.15) is 42.6 Å². The summed E-state index contributed by atoms with van der Waals surface area (Å²) in [7, 11) is 0. The minimum atomic E-state index is -0.617. The number of ether oxygens (including phenoxy) is 1. The topological polar surface area (TPSA) is 80.3 Å². The van der Waals surface area contributed by atoms with E-state index < -0.39 is 6.10 Å². The number of nitrogens with one attached hydrogen (secondary N) is 2. The van der Waals surface area contributed by atoms with Crippen molar-refractivity contribution >= 4 is 11.8 Å². The number of pyridine rings is 1. The molecule has 0 aliphatic carbocycles. The van der Waals surface area contributed by atoms with Crippen molar-refractivity contribution in [1.82, 2.24) is 15.6 Å². The highest BCUT2D eigenvalue weighted by molar-refractivity contribution is 5.93. The van der Waals surface area contributed by atoms with E-state index in [1.165, 1.54) is 11.8 Å². The lowest BCUT2D eigenvalue weighted by Gasteiger charge is -2.15. The van der Waals surface area contributed by atoms with Gasteiger partial charge in [-0.25, -0.2) is 0 Å². The highest BCUT2D eigenvalue weighted by Crippen LogP contribution is 2.19. The van der Waals surface area contributed by atoms with Crippen LogP contribution < -0.4 is 15.4 Å². The molecule has 0 bridgehead atoms. The van der Waals surface area contributed by atoms with Crippen LogP contribution in [-0.2, 0) is 4.79 Å². The van der Waals surface area contributed by atoms with E-state index in [4.69, 9.17) is 4.74 Å². The maximum atomic E-state index is 12.1. The van der Waals surface area contributed by atoms with E-state index in [1.807, 2.05) is 24.3 Å². The molecule has 1 aromatic heterocycles. The fraction of sp³-hybridized carbons (Fsp3) is 0.350. The Morgan fingerprint density at radius 2 is 1.73 bits per heavy atom. The third-order valence-electron chi connectivity index (χ3n) is 3.86. The van der Waals surface area contributed by atoms with Gasteiger partial charge in [0.25, 0.3) is 11.8 Å². The van der Waals surface area contributed by atoms with Gasteiger partial charge in [0, 0.05) is 25.5 Å². The second kappa shape index (κ2) is 9.56. The number of aromatic nitrogens is 1. The molecule has 26 heavy (non-hydrogen) atoms. The predicted octanol–water partition coefficient (Wildman–Crippen LogP) is 2.52. The lowest BCUT2D eigenvalue weighted by atomic mass is 10.0. The molecule has 1 unspecified atom stereocenters. The lowest BCUT2D eigenvalue weighted by Crippen LogP contribution is -2.40. The molecule has 0 fully saturated rings. The molecule has 2 rings (SSSR count). The molecule has 2 amide bonds. The predicted molar refractivity (Wildman–Crippen MR) is 100 cm³/mol. The number of hydrogen-bond acceptors (Lipinski definition) is 4. The zero-order valence-electron chi connectivity index (χ0n) is 15.4. The largest absolute Gasteiger partial charge is 0.481 e. The number of amides is 2. The zero-order chi connectivity index (χ0) is 18.9. The van der Waals surface area contributed by atoms with Gasteiger partial charge in [0.15, 0.2) is 6.10 Å². The van der Waals surface area contributed by atoms with Gasteiger partial charge in [0.05, 0.1) is 5.56 Å². The number of nitrogens with zero attached hydrogens (tertiary/aromatic N) is 1. The molecule has 0 spiro atoms. The first-order valence-corrected chi connectivity index (χ1v) is 8.70. The van der Waals surface area contributed by atoms with Crippen LogP contribution in [0.25, 0.3) is 0 Å². The quantitative estimate of drug-likeness (QED) is 0.713. The second-order valence-electron chi connectivity index (χ2n) is 6.27. The van der Waals surface area contributed by atoms with Crippen molar-refractivity contribution in [3.05, 3.63) is 59.9 Å². The molecular formula is C20H25N3O3. The summed E-state index contributed by atoms with van der Waals surface area (Å²) in [6.45, 7) is 6.60. The number of benzene rings is 1. The smallest absolute Gasteiger partial charge is 0.260 e. The van der Waals surface area contributed by atoms with Crippen LogP contribution >= 0.6 is 0 Å². The zero-order valence-corrected chi connectivity index (χ0v) is 15.4. The van der Waals surface area contributed by atoms with E-state index in [0.717, 1.165) is 0 Å². The summed E-state index contributed by atoms with van der Waals surface area (Å²) >= 11 is 0. The van der Waals surface area contributed by atoms with Crippen LogP contribution in [0.3, 0.4) is 0 Å². The third kappa shape index (κ3) is 5.88. The summed E-state index contributed by atoms with van der Waals surface area (Å²) in [6, 6.07) is 11.1. The lowest BCUT2D eigenvalue weighted by molar-refractivity contribution is -0.127. The Kier molecular flexibility index (Phi) is 7.14. The van der Waals surface area contributed by atoms with Gasteiger partial charge in [-0.15, -0.1) is 0 Å². The maximum absolute atomic E-state index is 12.1. The molecule has 1 heterocycles. The van der Waals surface area contributed by atoms with Gasteiger partial charge in [-0.1, -0.05) is 26.0 Å². The van der Waals surface area contributed by atoms with Crippen LogP contribution in [0, 0.1) is 0 Å². The van der Waals surface area contributed by atoms with Crippen LogP contribution in [0.2, 0.25) is 0 Å². The van der Waals surface area contributed by atoms with Gasteiger partial charge in [0.2, 0.25) is 0 Å². The minimum absolute atomic E-state index is 0.220. The molecule has 0 aliphatic heterocycles. The molecule has 2 aromatic rings. The molecule has 0 saturated heterocycles. The molecule has 1 aromatic carbocycles. The highest BCUT2D eigenvalue weighted by Gasteiger charge is 2.14. The summed E-state index contributed by atoms with van der Waals surface area (Å²) in [5.41, 5.74) is 1.71. The summed E-state index contributed by atoms with van der Waals surface area (Å²) in [5.74, 6) is 0.657. The average Bonchev–Trinajstić information content (AvgIpc) is 2.66. The van der Waals surface area contributed by atoms with Gasteiger partial charge in [-0.3, -0.25) is 14.6 Å². The van der Waals surface area contributed by atoms with Crippen LogP contribution in [0.5, 0.6) is 5.75 Å². The normalized spacial score (nSPS) is 11.7. The van der Waals surface area contributed by atoms with Gasteiger partial charge in [-0.05, 0) is 42.7 Å². The molecule has 138 valence electrons. The van der Waals surface area contributed by atoms with Crippen LogP contribution in [0.4, 0.5) is 0 Å². The van der Waals surface area contributed by atoms with E-state index in [1.54, 1.807) is 25.3 Å². The van der Waals surface area contributed by atoms with Crippen molar-refractivity contribution in [2.75, 3.05) is 13.1 Å². The van der Waals surface area contributed by atoms with Crippen molar-refractivity contribution < 1.29 is 14.3 Å². The molecule has 6 heteroatoms. The van der Waals surface area contributed by atoms with E-state index in [9.17, 15) is 9.59 Å². The maximum Gasteiger partial charge on any atom is 0.260 e. The molecule has 1 atom stereocenters. The van der Waals surface area contributed by atoms with Crippen molar-refractivity contribution in [2.45, 2.75) is 32.8 Å². The Morgan fingerprint density at radius 3 is 2.35 bits per heavy atom. The van der Waals surface area contributed by atoms with Crippen LogP contribution in [-0.4, -0.2) is 36.0 Å². The number of rotatable bonds is 8. The number of hydrogen-bond donors (Lipinski definition) is 2. The Hall–Kier alpha value is -2.89. The molecule has 2 N–H and O–H groups in total. The Balaban J connectivity index is 1.71. The van der Waals surface area contributed by atoms with Gasteiger partial charge >= 0.3 is 0 Å². The first-order chi connectivity index (χ1) is 12.5. The molecule has 0 radical (unpaired) electrons. The molecule has 0 saturated carbocycles. The minimum Gasteiger partial charge on any atom is -0.481 e. The third-order valence-corrected chi connectivity index (χ3v) is 3.86. The second-order valence-corrected chi connectivity index (χ2v) is 6.27. The summed E-state index contributed by atoms with van der Waals surface area (Å²) < 4.78 is 5.65. The molecular weight excluding hydrogens is 330 g/mol. The van der Waals surface area contributed by atoms with E-state index in [0.29, 0.717) is 30.3 Å². The van der Waals surface area contributed by atoms with E-state index in [-0.39, 0.29) is 11.8 Å². The average molecular weight is 355 g/mol. The first kappa shape index (κ1) is 19.4. The van der Waals surface area contributed by atoms with E-state index >= 15 is 0 Å². The fourth-order valence-electron chi connectivity index (χ4n) is 2.29. The first-order valence-electron chi connectivity index (χ1n) is 8.70. The number of carbonyl (C=O) groups excluding carboxylic acids is 2. The SMILES string of the molecule is CC(Oc1ccc(C(C)C)cc1)C(=O)NCCNC(=O)c1cccnc1. The van der Waals surface area contributed by atoms with Crippen LogP contribution in [0.15, 0.2) is 48.8 Å². The summed E-state index contributed by atoms with van der Waals surface area (Å²) in [4.78, 5) is 27.8. The fourth-order valence-corrected chi connectivity index (χ4v) is 2.29. The van der Waals surface area contributed by atoms with Gasteiger partial charge in [-0.2, -0.15) is 0 Å². The molecule has 0 aliphatic rings. The van der Waals surface area contributed by atoms with Crippen molar-refractivity contribution in [1.29, 1.82) is 0 Å². The Labute approximate surface area is 154 Å². The Morgan fingerprint density at radius 1 is 1.04 bits per heavy atom.